The Labute approximate surface area is 239 Å². The van der Waals surface area contributed by atoms with Crippen LogP contribution in [0.1, 0.15) is 30.8 Å². The summed E-state index contributed by atoms with van der Waals surface area (Å²) in [4.78, 5) is 34.8. The average molecular weight is 548 g/mol. The second-order valence-electron chi connectivity index (χ2n) is 9.65. The average Bonchev–Trinajstić information content (AvgIpc) is 3.03. The van der Waals surface area contributed by atoms with Gasteiger partial charge in [0.25, 0.3) is 11.5 Å². The van der Waals surface area contributed by atoms with Gasteiger partial charge in [-0.15, -0.1) is 0 Å². The fourth-order valence-corrected chi connectivity index (χ4v) is 5.06. The molecule has 4 aromatic carbocycles. The SMILES string of the molecule is CCC(c1nc2ccccc2c(=O)n1-c1ccccc1OC)N(CCc1ccccc1)C(=O)COc1ccccc1. The predicted molar refractivity (Wildman–Crippen MR) is 161 cm³/mol. The molecule has 0 fully saturated rings. The number of methoxy groups -OCH3 is 1. The molecule has 0 spiro atoms. The Kier molecular flexibility index (Phi) is 8.74. The Bertz CT molecular complexity index is 1670. The molecule has 7 heteroatoms. The van der Waals surface area contributed by atoms with Gasteiger partial charge in [0.05, 0.1) is 29.7 Å². The highest BCUT2D eigenvalue weighted by Crippen LogP contribution is 2.30. The number of fused-ring (bicyclic) bond motifs is 1. The van der Waals surface area contributed by atoms with E-state index >= 15 is 0 Å². The van der Waals surface area contributed by atoms with E-state index in [-0.39, 0.29) is 18.1 Å². The van der Waals surface area contributed by atoms with Crippen molar-refractivity contribution in [2.24, 2.45) is 0 Å². The number of rotatable bonds is 11. The number of para-hydroxylation sites is 4. The standard InChI is InChI=1S/C34H33N3O4/c1-3-29(36(23-22-25-14-6-4-7-15-25)32(38)24-41-26-16-8-5-9-17-26)33-35-28-19-11-10-18-27(28)34(39)37(33)30-20-12-13-21-31(30)40-2/h4-21,29H,3,22-24H2,1-2H3. The van der Waals surface area contributed by atoms with Crippen molar-refractivity contribution in [1.29, 1.82) is 0 Å². The number of ether oxygens (including phenoxy) is 2. The maximum atomic E-state index is 14.1. The van der Waals surface area contributed by atoms with E-state index in [0.717, 1.165) is 5.56 Å². The summed E-state index contributed by atoms with van der Waals surface area (Å²) in [7, 11) is 1.58. The van der Waals surface area contributed by atoms with E-state index in [0.29, 0.717) is 53.3 Å². The first-order valence-corrected chi connectivity index (χ1v) is 13.8. The first kappa shape index (κ1) is 27.6. The van der Waals surface area contributed by atoms with Crippen molar-refractivity contribution in [2.45, 2.75) is 25.8 Å². The maximum absolute atomic E-state index is 14.1. The van der Waals surface area contributed by atoms with Crippen LogP contribution in [0.4, 0.5) is 0 Å². The molecule has 0 aliphatic carbocycles. The maximum Gasteiger partial charge on any atom is 0.266 e. The Morgan fingerprint density at radius 1 is 0.878 bits per heavy atom. The van der Waals surface area contributed by atoms with Gasteiger partial charge in [-0.25, -0.2) is 4.98 Å². The summed E-state index contributed by atoms with van der Waals surface area (Å²) in [6, 6.07) is 33.5. The van der Waals surface area contributed by atoms with E-state index in [2.05, 4.69) is 0 Å². The first-order valence-electron chi connectivity index (χ1n) is 13.8. The molecule has 0 saturated heterocycles. The molecule has 5 rings (SSSR count). The number of nitrogens with zero attached hydrogens (tertiary/aromatic N) is 3. The van der Waals surface area contributed by atoms with Crippen LogP contribution in [0.15, 0.2) is 114 Å². The molecule has 0 N–H and O–H groups in total. The number of carbonyl (C=O) groups excluding carboxylic acids is 1. The monoisotopic (exact) mass is 547 g/mol. The zero-order valence-electron chi connectivity index (χ0n) is 23.3. The number of hydrogen-bond acceptors (Lipinski definition) is 5. The Morgan fingerprint density at radius 3 is 2.27 bits per heavy atom. The van der Waals surface area contributed by atoms with Crippen LogP contribution in [0, 0.1) is 0 Å². The fraction of sp³-hybridized carbons (Fsp3) is 0.206. The van der Waals surface area contributed by atoms with Gasteiger partial charge in [0, 0.05) is 6.54 Å². The van der Waals surface area contributed by atoms with E-state index in [1.165, 1.54) is 0 Å². The summed E-state index contributed by atoms with van der Waals surface area (Å²) in [6.45, 7) is 2.29. The molecule has 1 unspecified atom stereocenters. The molecule has 0 radical (unpaired) electrons. The molecule has 208 valence electrons. The quantitative estimate of drug-likeness (QED) is 0.203. The van der Waals surface area contributed by atoms with E-state index in [9.17, 15) is 9.59 Å². The minimum atomic E-state index is -0.507. The van der Waals surface area contributed by atoms with E-state index < -0.39 is 6.04 Å². The van der Waals surface area contributed by atoms with Crippen LogP contribution in [0.25, 0.3) is 16.6 Å². The van der Waals surface area contributed by atoms with Crippen LogP contribution < -0.4 is 15.0 Å². The molecule has 41 heavy (non-hydrogen) atoms. The summed E-state index contributed by atoms with van der Waals surface area (Å²) >= 11 is 0. The minimum Gasteiger partial charge on any atom is -0.495 e. The van der Waals surface area contributed by atoms with Crippen LogP contribution in [0.2, 0.25) is 0 Å². The molecule has 1 amide bonds. The fourth-order valence-electron chi connectivity index (χ4n) is 5.06. The number of amides is 1. The van der Waals surface area contributed by atoms with Crippen molar-refractivity contribution < 1.29 is 14.3 Å². The van der Waals surface area contributed by atoms with Crippen molar-refractivity contribution in [3.05, 3.63) is 131 Å². The lowest BCUT2D eigenvalue weighted by Crippen LogP contribution is -2.42. The number of carbonyl (C=O) groups is 1. The second-order valence-corrected chi connectivity index (χ2v) is 9.65. The number of benzene rings is 4. The molecule has 5 aromatic rings. The van der Waals surface area contributed by atoms with Crippen molar-refractivity contribution in [2.75, 3.05) is 20.3 Å². The topological polar surface area (TPSA) is 73.7 Å². The van der Waals surface area contributed by atoms with Crippen LogP contribution in [0.5, 0.6) is 11.5 Å². The molecule has 0 aliphatic rings. The summed E-state index contributed by atoms with van der Waals surface area (Å²) in [6.07, 6.45) is 1.17. The van der Waals surface area contributed by atoms with Crippen molar-refractivity contribution in [3.63, 3.8) is 0 Å². The lowest BCUT2D eigenvalue weighted by Gasteiger charge is -2.32. The van der Waals surface area contributed by atoms with Gasteiger partial charge < -0.3 is 14.4 Å². The lowest BCUT2D eigenvalue weighted by atomic mass is 10.1. The van der Waals surface area contributed by atoms with Crippen LogP contribution in [0.3, 0.4) is 0 Å². The molecule has 0 aliphatic heterocycles. The van der Waals surface area contributed by atoms with Gasteiger partial charge in [0.2, 0.25) is 0 Å². The van der Waals surface area contributed by atoms with Gasteiger partial charge >= 0.3 is 0 Å². The second kappa shape index (κ2) is 13.0. The molecular weight excluding hydrogens is 514 g/mol. The normalized spacial score (nSPS) is 11.7. The predicted octanol–water partition coefficient (Wildman–Crippen LogP) is 6.00. The lowest BCUT2D eigenvalue weighted by molar-refractivity contribution is -0.136. The van der Waals surface area contributed by atoms with Crippen LogP contribution in [-0.2, 0) is 11.2 Å². The van der Waals surface area contributed by atoms with Crippen LogP contribution in [-0.4, -0.2) is 40.6 Å². The molecule has 1 aromatic heterocycles. The van der Waals surface area contributed by atoms with Crippen molar-refractivity contribution in [3.8, 4) is 17.2 Å². The van der Waals surface area contributed by atoms with Crippen LogP contribution >= 0.6 is 0 Å². The van der Waals surface area contributed by atoms with Crippen molar-refractivity contribution >= 4 is 16.8 Å². The van der Waals surface area contributed by atoms with Crippen molar-refractivity contribution in [1.82, 2.24) is 14.5 Å². The molecule has 0 saturated carbocycles. The van der Waals surface area contributed by atoms with Gasteiger partial charge in [-0.2, -0.15) is 0 Å². The summed E-state index contributed by atoms with van der Waals surface area (Å²) < 4.78 is 13.1. The molecule has 1 heterocycles. The highest BCUT2D eigenvalue weighted by Gasteiger charge is 2.30. The van der Waals surface area contributed by atoms with E-state index in [1.54, 1.807) is 22.6 Å². The summed E-state index contributed by atoms with van der Waals surface area (Å²) in [5.41, 5.74) is 2.04. The number of aromatic nitrogens is 2. The van der Waals surface area contributed by atoms with E-state index in [4.69, 9.17) is 14.5 Å². The largest absolute Gasteiger partial charge is 0.495 e. The summed E-state index contributed by atoms with van der Waals surface area (Å²) in [5, 5.41) is 0.492. The molecular formula is C34H33N3O4. The van der Waals surface area contributed by atoms with Gasteiger partial charge in [-0.1, -0.05) is 79.7 Å². The summed E-state index contributed by atoms with van der Waals surface area (Å²) in [5.74, 6) is 1.44. The third-order valence-electron chi connectivity index (χ3n) is 7.10. The van der Waals surface area contributed by atoms with Gasteiger partial charge in [-0.3, -0.25) is 14.2 Å². The minimum absolute atomic E-state index is 0.137. The molecule has 7 nitrogen and oxygen atoms in total. The molecule has 0 bridgehead atoms. The molecule has 1 atom stereocenters. The smallest absolute Gasteiger partial charge is 0.266 e. The first-order chi connectivity index (χ1) is 20.1. The van der Waals surface area contributed by atoms with Gasteiger partial charge in [-0.05, 0) is 54.8 Å². The third-order valence-corrected chi connectivity index (χ3v) is 7.10. The van der Waals surface area contributed by atoms with Gasteiger partial charge in [0.15, 0.2) is 6.61 Å². The Morgan fingerprint density at radius 2 is 1.54 bits per heavy atom. The highest BCUT2D eigenvalue weighted by molar-refractivity contribution is 5.80. The number of hydrogen-bond donors (Lipinski definition) is 0. The van der Waals surface area contributed by atoms with E-state index in [1.807, 2.05) is 110 Å². The van der Waals surface area contributed by atoms with Gasteiger partial charge in [0.1, 0.15) is 17.3 Å². The Balaban J connectivity index is 1.62. The third kappa shape index (κ3) is 6.14. The highest BCUT2D eigenvalue weighted by atomic mass is 16.5. The Hall–Kier alpha value is -4.91. The zero-order chi connectivity index (χ0) is 28.6. The zero-order valence-corrected chi connectivity index (χ0v) is 23.3.